The van der Waals surface area contributed by atoms with Crippen LogP contribution in [0.3, 0.4) is 0 Å². The minimum absolute atomic E-state index is 0.367. The van der Waals surface area contributed by atoms with E-state index in [9.17, 15) is 9.59 Å². The molecule has 1 aromatic heterocycles. The number of hydrogen-bond donors (Lipinski definition) is 3. The van der Waals surface area contributed by atoms with E-state index in [1.165, 1.54) is 0 Å². The normalized spacial score (nSPS) is 10.7. The molecule has 0 spiro atoms. The Hall–Kier alpha value is -5.11. The van der Waals surface area contributed by atoms with Crippen molar-refractivity contribution in [1.82, 2.24) is 4.98 Å². The van der Waals surface area contributed by atoms with Crippen molar-refractivity contribution in [2.75, 3.05) is 17.7 Å². The summed E-state index contributed by atoms with van der Waals surface area (Å²) in [6, 6.07) is 24.6. The van der Waals surface area contributed by atoms with Crippen LogP contribution in [0.1, 0.15) is 10.4 Å². The lowest BCUT2D eigenvalue weighted by atomic mass is 10.1. The summed E-state index contributed by atoms with van der Waals surface area (Å²) >= 11 is 0. The third kappa shape index (κ3) is 4.60. The van der Waals surface area contributed by atoms with Crippen molar-refractivity contribution >= 4 is 45.0 Å². The van der Waals surface area contributed by atoms with Gasteiger partial charge in [-0.25, -0.2) is 4.79 Å². The van der Waals surface area contributed by atoms with Crippen molar-refractivity contribution in [2.24, 2.45) is 5.73 Å². The number of aromatic nitrogens is 1. The molecule has 5 aromatic rings. The van der Waals surface area contributed by atoms with Crippen molar-refractivity contribution in [1.29, 1.82) is 0 Å². The van der Waals surface area contributed by atoms with Crippen LogP contribution >= 0.6 is 0 Å². The molecule has 4 aromatic carbocycles. The van der Waals surface area contributed by atoms with Gasteiger partial charge in [0, 0.05) is 39.7 Å². The molecule has 1 heterocycles. The molecule has 0 saturated heterocycles. The number of methoxy groups -OCH3 is 1. The summed E-state index contributed by atoms with van der Waals surface area (Å²) in [6.45, 7) is 0. The molecule has 0 aliphatic heterocycles. The van der Waals surface area contributed by atoms with Crippen LogP contribution in [0.25, 0.3) is 21.7 Å². The zero-order chi connectivity index (χ0) is 25.1. The molecular weight excluding hydrogens is 456 g/mol. The number of pyridine rings is 1. The van der Waals surface area contributed by atoms with E-state index in [4.69, 9.17) is 15.2 Å². The second kappa shape index (κ2) is 9.63. The fraction of sp³-hybridized carbons (Fsp3) is 0.0357. The van der Waals surface area contributed by atoms with E-state index in [-0.39, 0.29) is 6.03 Å². The van der Waals surface area contributed by atoms with E-state index in [0.29, 0.717) is 45.1 Å². The van der Waals surface area contributed by atoms with Gasteiger partial charge in [0.1, 0.15) is 17.2 Å². The molecule has 0 saturated carbocycles. The first-order valence-electron chi connectivity index (χ1n) is 11.1. The van der Waals surface area contributed by atoms with Crippen LogP contribution in [-0.4, -0.2) is 24.0 Å². The molecule has 0 bridgehead atoms. The summed E-state index contributed by atoms with van der Waals surface area (Å²) in [5.74, 6) is 1.23. The standard InChI is InChI=1S/C28H22N4O4/c1-35-19-6-4-5-18(16-19)31-28(34)32-24-11-12-25(21-8-3-2-7-20(21)24)36-26-13-14-30-23-10-9-17(27(29)33)15-22(23)26/h2-16H,1H3,(H2,29,33)(H2,31,32,34). The first-order chi connectivity index (χ1) is 17.5. The van der Waals surface area contributed by atoms with Crippen LogP contribution in [0.15, 0.2) is 91.1 Å². The number of urea groups is 1. The Bertz CT molecular complexity index is 1620. The van der Waals surface area contributed by atoms with Gasteiger partial charge in [-0.1, -0.05) is 30.3 Å². The Morgan fingerprint density at radius 1 is 0.806 bits per heavy atom. The molecule has 0 radical (unpaired) electrons. The highest BCUT2D eigenvalue weighted by molar-refractivity contribution is 6.07. The highest BCUT2D eigenvalue weighted by Crippen LogP contribution is 2.36. The highest BCUT2D eigenvalue weighted by atomic mass is 16.5. The summed E-state index contributed by atoms with van der Waals surface area (Å²) in [4.78, 5) is 28.7. The Morgan fingerprint density at radius 2 is 1.61 bits per heavy atom. The van der Waals surface area contributed by atoms with Crippen molar-refractivity contribution in [3.05, 3.63) is 96.7 Å². The molecule has 0 unspecified atom stereocenters. The molecule has 0 aliphatic rings. The van der Waals surface area contributed by atoms with Crippen LogP contribution in [0.5, 0.6) is 17.2 Å². The summed E-state index contributed by atoms with van der Waals surface area (Å²) in [6.07, 6.45) is 1.64. The third-order valence-electron chi connectivity index (χ3n) is 5.67. The van der Waals surface area contributed by atoms with Crippen LogP contribution in [0.2, 0.25) is 0 Å². The molecule has 0 atom stereocenters. The number of ether oxygens (including phenoxy) is 2. The third-order valence-corrected chi connectivity index (χ3v) is 5.67. The minimum Gasteiger partial charge on any atom is -0.497 e. The Kier molecular flexibility index (Phi) is 6.07. The fourth-order valence-corrected chi connectivity index (χ4v) is 3.94. The Balaban J connectivity index is 1.45. The van der Waals surface area contributed by atoms with Gasteiger partial charge in [-0.15, -0.1) is 0 Å². The van der Waals surface area contributed by atoms with E-state index in [1.807, 2.05) is 24.3 Å². The van der Waals surface area contributed by atoms with Gasteiger partial charge in [-0.3, -0.25) is 9.78 Å². The van der Waals surface area contributed by atoms with Crippen molar-refractivity contribution in [3.63, 3.8) is 0 Å². The zero-order valence-electron chi connectivity index (χ0n) is 19.3. The number of nitrogens with two attached hydrogens (primary N) is 1. The molecule has 0 aliphatic carbocycles. The topological polar surface area (TPSA) is 116 Å². The average Bonchev–Trinajstić information content (AvgIpc) is 2.90. The number of fused-ring (bicyclic) bond motifs is 2. The smallest absolute Gasteiger partial charge is 0.323 e. The van der Waals surface area contributed by atoms with Gasteiger partial charge in [0.05, 0.1) is 18.3 Å². The summed E-state index contributed by atoms with van der Waals surface area (Å²) in [5.41, 5.74) is 7.72. The summed E-state index contributed by atoms with van der Waals surface area (Å²) in [7, 11) is 1.57. The van der Waals surface area contributed by atoms with Crippen LogP contribution < -0.4 is 25.8 Å². The van der Waals surface area contributed by atoms with Gasteiger partial charge in [0.15, 0.2) is 0 Å². The number of hydrogen-bond acceptors (Lipinski definition) is 5. The lowest BCUT2D eigenvalue weighted by Crippen LogP contribution is -2.19. The van der Waals surface area contributed by atoms with Gasteiger partial charge in [-0.05, 0) is 48.5 Å². The number of carbonyl (C=O) groups is 2. The van der Waals surface area contributed by atoms with E-state index >= 15 is 0 Å². The van der Waals surface area contributed by atoms with E-state index < -0.39 is 5.91 Å². The first-order valence-corrected chi connectivity index (χ1v) is 11.1. The quantitative estimate of drug-likeness (QED) is 0.280. The predicted molar refractivity (Wildman–Crippen MR) is 140 cm³/mol. The number of nitrogens with zero attached hydrogens (tertiary/aromatic N) is 1. The van der Waals surface area contributed by atoms with Crippen LogP contribution in [-0.2, 0) is 0 Å². The Morgan fingerprint density at radius 3 is 2.42 bits per heavy atom. The van der Waals surface area contributed by atoms with Gasteiger partial charge in [-0.2, -0.15) is 0 Å². The molecule has 3 amide bonds. The van der Waals surface area contributed by atoms with Crippen molar-refractivity contribution in [2.45, 2.75) is 0 Å². The summed E-state index contributed by atoms with van der Waals surface area (Å²) in [5, 5.41) is 7.98. The van der Waals surface area contributed by atoms with Gasteiger partial charge in [0.2, 0.25) is 5.91 Å². The molecule has 178 valence electrons. The highest BCUT2D eigenvalue weighted by Gasteiger charge is 2.13. The van der Waals surface area contributed by atoms with E-state index in [2.05, 4.69) is 15.6 Å². The number of amides is 3. The van der Waals surface area contributed by atoms with Crippen LogP contribution in [0, 0.1) is 0 Å². The molecule has 8 heteroatoms. The SMILES string of the molecule is COc1cccc(NC(=O)Nc2ccc(Oc3ccnc4ccc(C(N)=O)cc34)c3ccccc23)c1. The lowest BCUT2D eigenvalue weighted by molar-refractivity contribution is 0.100. The predicted octanol–water partition coefficient (Wildman–Crippen LogP) is 5.93. The monoisotopic (exact) mass is 478 g/mol. The Labute approximate surface area is 206 Å². The molecule has 0 fully saturated rings. The van der Waals surface area contributed by atoms with E-state index in [0.717, 1.165) is 10.8 Å². The largest absolute Gasteiger partial charge is 0.497 e. The molecule has 36 heavy (non-hydrogen) atoms. The van der Waals surface area contributed by atoms with Crippen molar-refractivity contribution < 1.29 is 19.1 Å². The number of primary amides is 1. The zero-order valence-corrected chi connectivity index (χ0v) is 19.3. The van der Waals surface area contributed by atoms with Crippen molar-refractivity contribution in [3.8, 4) is 17.2 Å². The molecular formula is C28H22N4O4. The number of nitrogens with one attached hydrogen (secondary N) is 2. The average molecular weight is 479 g/mol. The first kappa shape index (κ1) is 22.7. The lowest BCUT2D eigenvalue weighted by Gasteiger charge is -2.15. The van der Waals surface area contributed by atoms with Gasteiger partial charge in [0.25, 0.3) is 0 Å². The van der Waals surface area contributed by atoms with E-state index in [1.54, 1.807) is 74.0 Å². The minimum atomic E-state index is -0.528. The maximum atomic E-state index is 12.7. The van der Waals surface area contributed by atoms with Gasteiger partial charge >= 0.3 is 6.03 Å². The maximum Gasteiger partial charge on any atom is 0.323 e. The number of anilines is 2. The number of carbonyl (C=O) groups excluding carboxylic acids is 2. The fourth-order valence-electron chi connectivity index (χ4n) is 3.94. The van der Waals surface area contributed by atoms with Crippen LogP contribution in [0.4, 0.5) is 16.2 Å². The second-order valence-corrected chi connectivity index (χ2v) is 7.98. The number of rotatable bonds is 6. The molecule has 8 nitrogen and oxygen atoms in total. The maximum absolute atomic E-state index is 12.7. The molecule has 5 rings (SSSR count). The summed E-state index contributed by atoms with van der Waals surface area (Å²) < 4.78 is 11.5. The van der Waals surface area contributed by atoms with Gasteiger partial charge < -0.3 is 25.8 Å². The second-order valence-electron chi connectivity index (χ2n) is 7.98. The number of benzene rings is 4. The molecule has 4 N–H and O–H groups in total.